The fraction of sp³-hybridized carbons (Fsp3) is 0.267. The Labute approximate surface area is 122 Å². The van der Waals surface area contributed by atoms with Crippen molar-refractivity contribution in [1.82, 2.24) is 0 Å². The van der Waals surface area contributed by atoms with E-state index < -0.39 is 0 Å². The zero-order chi connectivity index (χ0) is 14.1. The number of nitrogens with two attached hydrogens (primary N) is 1. The lowest BCUT2D eigenvalue weighted by molar-refractivity contribution is -0.116. The quantitative estimate of drug-likeness (QED) is 0.758. The average Bonchev–Trinajstić information content (AvgIpc) is 2.94. The Morgan fingerprint density at radius 1 is 1.40 bits per heavy atom. The van der Waals surface area contributed by atoms with Gasteiger partial charge in [0.2, 0.25) is 5.91 Å². The predicted octanol–water partition coefficient (Wildman–Crippen LogP) is 3.39. The number of nitrogen functional groups attached to an aromatic ring is 1. The van der Waals surface area contributed by atoms with E-state index >= 15 is 0 Å². The highest BCUT2D eigenvalue weighted by Crippen LogP contribution is 2.33. The van der Waals surface area contributed by atoms with Gasteiger partial charge in [-0.2, -0.15) is 0 Å². The Hall–Kier alpha value is -2.01. The molecule has 0 saturated heterocycles. The molecule has 2 heterocycles. The molecule has 1 aliphatic heterocycles. The minimum absolute atomic E-state index is 0.0690. The smallest absolute Gasteiger partial charge is 0.224 e. The second kappa shape index (κ2) is 5.17. The fourth-order valence-electron chi connectivity index (χ4n) is 2.41. The van der Waals surface area contributed by atoms with E-state index in [0.29, 0.717) is 6.42 Å². The van der Waals surface area contributed by atoms with E-state index in [1.165, 1.54) is 4.88 Å². The molecule has 1 aromatic carbocycles. The Kier molecular flexibility index (Phi) is 3.36. The van der Waals surface area contributed by atoms with Crippen molar-refractivity contribution in [3.63, 3.8) is 0 Å². The average molecular weight is 287 g/mol. The summed E-state index contributed by atoms with van der Waals surface area (Å²) in [4.78, 5) is 12.7. The lowest BCUT2D eigenvalue weighted by Crippen LogP contribution is -2.19. The van der Waals surface area contributed by atoms with Crippen LogP contribution in [0, 0.1) is 0 Å². The maximum absolute atomic E-state index is 11.5. The standard InChI is InChI=1S/C15H17N3OS/c1-9(14-3-2-6-20-14)17-13-8-12-10(7-11(13)16)4-5-15(19)18-12/h2-3,6-9,17H,4-5,16H2,1H3,(H,18,19). The minimum atomic E-state index is 0.0690. The maximum Gasteiger partial charge on any atom is 0.224 e. The fourth-order valence-corrected chi connectivity index (χ4v) is 3.15. The van der Waals surface area contributed by atoms with Crippen LogP contribution in [0.1, 0.15) is 29.8 Å². The maximum atomic E-state index is 11.5. The summed E-state index contributed by atoms with van der Waals surface area (Å²) in [7, 11) is 0. The van der Waals surface area contributed by atoms with Gasteiger partial charge < -0.3 is 16.4 Å². The molecule has 0 radical (unpaired) electrons. The third-order valence-corrected chi connectivity index (χ3v) is 4.57. The van der Waals surface area contributed by atoms with E-state index in [0.717, 1.165) is 29.0 Å². The molecule has 104 valence electrons. The van der Waals surface area contributed by atoms with Crippen molar-refractivity contribution in [1.29, 1.82) is 0 Å². The molecule has 0 fully saturated rings. The van der Waals surface area contributed by atoms with Gasteiger partial charge in [-0.25, -0.2) is 0 Å². The highest BCUT2D eigenvalue weighted by atomic mass is 32.1. The Balaban J connectivity index is 1.86. The highest BCUT2D eigenvalue weighted by molar-refractivity contribution is 7.10. The van der Waals surface area contributed by atoms with Crippen molar-refractivity contribution in [3.05, 3.63) is 40.1 Å². The molecule has 4 N–H and O–H groups in total. The summed E-state index contributed by atoms with van der Waals surface area (Å²) in [5, 5.41) is 8.37. The summed E-state index contributed by atoms with van der Waals surface area (Å²) >= 11 is 1.71. The van der Waals surface area contributed by atoms with Crippen molar-refractivity contribution in [2.45, 2.75) is 25.8 Å². The van der Waals surface area contributed by atoms with Crippen molar-refractivity contribution in [2.24, 2.45) is 0 Å². The molecule has 0 aliphatic carbocycles. The normalized spacial score (nSPS) is 15.3. The van der Waals surface area contributed by atoms with E-state index in [-0.39, 0.29) is 11.9 Å². The van der Waals surface area contributed by atoms with Gasteiger partial charge in [-0.1, -0.05) is 6.07 Å². The number of thiophene rings is 1. The lowest BCUT2D eigenvalue weighted by Gasteiger charge is -2.21. The van der Waals surface area contributed by atoms with Gasteiger partial charge in [-0.3, -0.25) is 4.79 Å². The molecule has 1 atom stereocenters. The van der Waals surface area contributed by atoms with Gasteiger partial charge in [0.15, 0.2) is 0 Å². The second-order valence-electron chi connectivity index (χ2n) is 5.03. The Morgan fingerprint density at radius 2 is 2.25 bits per heavy atom. The number of carbonyl (C=O) groups is 1. The van der Waals surface area contributed by atoms with Crippen molar-refractivity contribution < 1.29 is 4.79 Å². The van der Waals surface area contributed by atoms with Crippen molar-refractivity contribution in [2.75, 3.05) is 16.4 Å². The molecule has 5 heteroatoms. The molecule has 20 heavy (non-hydrogen) atoms. The zero-order valence-electron chi connectivity index (χ0n) is 11.3. The number of nitrogens with one attached hydrogen (secondary N) is 2. The van der Waals surface area contributed by atoms with Gasteiger partial charge in [-0.05, 0) is 42.5 Å². The van der Waals surface area contributed by atoms with Gasteiger partial charge in [0.1, 0.15) is 0 Å². The minimum Gasteiger partial charge on any atom is -0.397 e. The molecule has 4 nitrogen and oxygen atoms in total. The monoisotopic (exact) mass is 287 g/mol. The first-order valence-corrected chi connectivity index (χ1v) is 7.53. The number of anilines is 3. The van der Waals surface area contributed by atoms with Gasteiger partial charge in [0.25, 0.3) is 0 Å². The molecule has 0 bridgehead atoms. The van der Waals surface area contributed by atoms with Crippen LogP contribution < -0.4 is 16.4 Å². The number of carbonyl (C=O) groups excluding carboxylic acids is 1. The second-order valence-corrected chi connectivity index (χ2v) is 6.01. The molecule has 1 unspecified atom stereocenters. The van der Waals surface area contributed by atoms with Crippen LogP contribution in [-0.4, -0.2) is 5.91 Å². The first-order valence-electron chi connectivity index (χ1n) is 6.65. The van der Waals surface area contributed by atoms with Crippen LogP contribution in [-0.2, 0) is 11.2 Å². The molecule has 1 amide bonds. The number of aryl methyl sites for hydroxylation is 1. The van der Waals surface area contributed by atoms with Crippen LogP contribution in [0.15, 0.2) is 29.6 Å². The number of hydrogen-bond acceptors (Lipinski definition) is 4. The first kappa shape index (κ1) is 13.0. The highest BCUT2D eigenvalue weighted by Gasteiger charge is 2.17. The molecule has 1 aromatic heterocycles. The van der Waals surface area contributed by atoms with E-state index in [4.69, 9.17) is 5.73 Å². The van der Waals surface area contributed by atoms with E-state index in [9.17, 15) is 4.79 Å². The summed E-state index contributed by atoms with van der Waals surface area (Å²) in [6.07, 6.45) is 1.29. The zero-order valence-corrected chi connectivity index (χ0v) is 12.1. The molecule has 1 aliphatic rings. The summed E-state index contributed by atoms with van der Waals surface area (Å²) in [6, 6.07) is 8.21. The molecule has 3 rings (SSSR count). The third-order valence-electron chi connectivity index (χ3n) is 3.51. The topological polar surface area (TPSA) is 67.1 Å². The number of rotatable bonds is 3. The molecular formula is C15H17N3OS. The van der Waals surface area contributed by atoms with E-state index in [1.54, 1.807) is 11.3 Å². The summed E-state index contributed by atoms with van der Waals surface area (Å²) in [5.41, 5.74) is 9.68. The SMILES string of the molecule is CC(Nc1cc2c(cc1N)CCC(=O)N2)c1cccs1. The molecular weight excluding hydrogens is 270 g/mol. The summed E-state index contributed by atoms with van der Waals surface area (Å²) in [6.45, 7) is 2.10. The Morgan fingerprint density at radius 3 is 3.00 bits per heavy atom. The number of benzene rings is 1. The van der Waals surface area contributed by atoms with Gasteiger partial charge in [-0.15, -0.1) is 11.3 Å². The van der Waals surface area contributed by atoms with Gasteiger partial charge >= 0.3 is 0 Å². The van der Waals surface area contributed by atoms with Gasteiger partial charge in [0.05, 0.1) is 17.4 Å². The van der Waals surface area contributed by atoms with Crippen LogP contribution in [0.5, 0.6) is 0 Å². The van der Waals surface area contributed by atoms with Crippen LogP contribution in [0.25, 0.3) is 0 Å². The van der Waals surface area contributed by atoms with Crippen LogP contribution in [0.4, 0.5) is 17.1 Å². The first-order chi connectivity index (χ1) is 9.63. The van der Waals surface area contributed by atoms with Crippen LogP contribution in [0.2, 0.25) is 0 Å². The predicted molar refractivity (Wildman–Crippen MR) is 84.2 cm³/mol. The Bertz CT molecular complexity index is 637. The summed E-state index contributed by atoms with van der Waals surface area (Å²) in [5.74, 6) is 0.0690. The molecule has 0 saturated carbocycles. The molecule has 2 aromatic rings. The number of amides is 1. The lowest BCUT2D eigenvalue weighted by atomic mass is 10.0. The van der Waals surface area contributed by atoms with Crippen LogP contribution in [0.3, 0.4) is 0 Å². The van der Waals surface area contributed by atoms with Crippen molar-refractivity contribution >= 4 is 34.3 Å². The van der Waals surface area contributed by atoms with Gasteiger partial charge in [0, 0.05) is 17.0 Å². The van der Waals surface area contributed by atoms with Crippen molar-refractivity contribution in [3.8, 4) is 0 Å². The number of hydrogen-bond donors (Lipinski definition) is 3. The van der Waals surface area contributed by atoms with E-state index in [1.807, 2.05) is 18.2 Å². The van der Waals surface area contributed by atoms with Crippen LogP contribution >= 0.6 is 11.3 Å². The third kappa shape index (κ3) is 2.49. The summed E-state index contributed by atoms with van der Waals surface area (Å²) < 4.78 is 0. The van der Waals surface area contributed by atoms with E-state index in [2.05, 4.69) is 29.0 Å². The molecule has 0 spiro atoms. The largest absolute Gasteiger partial charge is 0.397 e. The number of fused-ring (bicyclic) bond motifs is 1.